The van der Waals surface area contributed by atoms with Crippen LogP contribution in [-0.4, -0.2) is 37.6 Å². The van der Waals surface area contributed by atoms with Gasteiger partial charge in [-0.1, -0.05) is 36.9 Å². The number of hydrogen-bond donors (Lipinski definition) is 1. The molecule has 3 aromatic rings. The number of hydrogen-bond acceptors (Lipinski definition) is 4. The molecule has 0 unspecified atom stereocenters. The Morgan fingerprint density at radius 3 is 2.23 bits per heavy atom. The van der Waals surface area contributed by atoms with Gasteiger partial charge >= 0.3 is 0 Å². The second kappa shape index (κ2) is 13.2. The van der Waals surface area contributed by atoms with Crippen molar-refractivity contribution in [3.63, 3.8) is 0 Å². The van der Waals surface area contributed by atoms with Crippen LogP contribution in [0.5, 0.6) is 0 Å². The molecular weight excluding hydrogens is 530 g/mol. The van der Waals surface area contributed by atoms with E-state index in [1.807, 2.05) is 6.08 Å². The molecule has 4 rings (SSSR count). The molecular formula is C32H38F2N2O3S. The lowest BCUT2D eigenvalue weighted by atomic mass is 9.99. The minimum Gasteiger partial charge on any atom is -0.371 e. The molecule has 5 nitrogen and oxygen atoms in total. The zero-order valence-corrected chi connectivity index (χ0v) is 24.5. The molecule has 1 saturated heterocycles. The van der Waals surface area contributed by atoms with Crippen LogP contribution < -0.4 is 5.56 Å². The number of aromatic amines is 1. The van der Waals surface area contributed by atoms with Crippen molar-refractivity contribution >= 4 is 20.7 Å². The second-order valence-electron chi connectivity index (χ2n) is 10.2. The Kier molecular flexibility index (Phi) is 10.3. The van der Waals surface area contributed by atoms with Crippen LogP contribution in [0.2, 0.25) is 0 Å². The molecule has 8 heteroatoms. The van der Waals surface area contributed by atoms with E-state index < -0.39 is 21.3 Å². The van der Waals surface area contributed by atoms with Crippen molar-refractivity contribution in [3.05, 3.63) is 112 Å². The number of alkyl halides is 2. The summed E-state index contributed by atoms with van der Waals surface area (Å²) in [7, 11) is -3.26. The predicted molar refractivity (Wildman–Crippen MR) is 160 cm³/mol. The molecule has 1 aromatic heterocycles. The zero-order chi connectivity index (χ0) is 29.5. The standard InChI is InChI=1S/C19H17F2NO3S.C13H21N/c1-19(20,21)16-11-18(23)22-17-8-5-13(10-15(16)17)9-12-3-6-14(7-4-12)26(2,24)25;1-4-9-12(3)13(5-2)14-10-7-6-8-11-14/h3-8,10-11H,9H2,1-2H3,(H,22,23);4-5,9H,2,6-8,10-11H2,1,3H3/b;9-4-,13-12+. The van der Waals surface area contributed by atoms with Crippen molar-refractivity contribution in [1.29, 1.82) is 0 Å². The molecule has 1 fully saturated rings. The van der Waals surface area contributed by atoms with Crippen molar-refractivity contribution in [1.82, 2.24) is 9.88 Å². The maximum atomic E-state index is 13.9. The summed E-state index contributed by atoms with van der Waals surface area (Å²) in [6.45, 7) is 11.3. The van der Waals surface area contributed by atoms with Crippen LogP contribution in [0.15, 0.2) is 94.3 Å². The van der Waals surface area contributed by atoms with Crippen LogP contribution in [0.3, 0.4) is 0 Å². The summed E-state index contributed by atoms with van der Waals surface area (Å²) < 4.78 is 50.8. The van der Waals surface area contributed by atoms with Gasteiger partial charge in [0.05, 0.1) is 4.90 Å². The SMILES string of the molecule is C=C/C(=C(C)\C=C/C)N1CCCCC1.CC(F)(F)c1cc(=O)[nH]c2ccc(Cc3ccc(S(C)(=O)=O)cc3)cc12. The van der Waals surface area contributed by atoms with E-state index in [2.05, 4.69) is 42.5 Å². The summed E-state index contributed by atoms with van der Waals surface area (Å²) in [6.07, 6.45) is 11.8. The van der Waals surface area contributed by atoms with Gasteiger partial charge in [-0.3, -0.25) is 4.79 Å². The number of benzene rings is 2. The number of aromatic nitrogens is 1. The maximum absolute atomic E-state index is 13.9. The van der Waals surface area contributed by atoms with Crippen molar-refractivity contribution in [2.45, 2.75) is 57.3 Å². The Hall–Kier alpha value is -3.52. The average molecular weight is 569 g/mol. The average Bonchev–Trinajstić information content (AvgIpc) is 2.89. The Balaban J connectivity index is 0.000000267. The van der Waals surface area contributed by atoms with E-state index in [9.17, 15) is 22.0 Å². The van der Waals surface area contributed by atoms with Gasteiger partial charge in [-0.05, 0) is 86.6 Å². The minimum atomic E-state index is -3.26. The summed E-state index contributed by atoms with van der Waals surface area (Å²) in [6, 6.07) is 12.3. The number of sulfone groups is 1. The third-order valence-corrected chi connectivity index (χ3v) is 7.98. The molecule has 1 aliphatic heterocycles. The number of nitrogens with zero attached hydrogens (tertiary/aromatic N) is 1. The highest BCUT2D eigenvalue weighted by Gasteiger charge is 2.27. The van der Waals surface area contributed by atoms with Crippen molar-refractivity contribution in [3.8, 4) is 0 Å². The molecule has 1 aliphatic rings. The fraction of sp³-hybridized carbons (Fsp3) is 0.344. The van der Waals surface area contributed by atoms with Gasteiger partial charge in [-0.15, -0.1) is 0 Å². The van der Waals surface area contributed by atoms with E-state index in [1.165, 1.54) is 55.8 Å². The van der Waals surface area contributed by atoms with Gasteiger partial charge in [0.1, 0.15) is 0 Å². The first kappa shape index (κ1) is 31.0. The van der Waals surface area contributed by atoms with E-state index in [-0.39, 0.29) is 10.5 Å². The number of halogens is 2. The zero-order valence-electron chi connectivity index (χ0n) is 23.6. The van der Waals surface area contributed by atoms with Gasteiger partial charge in [-0.2, -0.15) is 0 Å². The lowest BCUT2D eigenvalue weighted by Crippen LogP contribution is -2.28. The van der Waals surface area contributed by atoms with Crippen LogP contribution >= 0.6 is 0 Å². The molecule has 40 heavy (non-hydrogen) atoms. The van der Waals surface area contributed by atoms with Gasteiger partial charge in [0.15, 0.2) is 9.84 Å². The third kappa shape index (κ3) is 8.24. The quantitative estimate of drug-likeness (QED) is 0.308. The van der Waals surface area contributed by atoms with Gasteiger partial charge < -0.3 is 9.88 Å². The summed E-state index contributed by atoms with van der Waals surface area (Å²) in [5, 5.41) is 0.294. The molecule has 0 atom stereocenters. The Labute approximate surface area is 235 Å². The summed E-state index contributed by atoms with van der Waals surface area (Å²) >= 11 is 0. The molecule has 0 spiro atoms. The molecule has 1 N–H and O–H groups in total. The number of likely N-dealkylation sites (tertiary alicyclic amines) is 1. The second-order valence-corrected chi connectivity index (χ2v) is 12.2. The van der Waals surface area contributed by atoms with Gasteiger partial charge in [-0.25, -0.2) is 17.2 Å². The topological polar surface area (TPSA) is 70.2 Å². The highest BCUT2D eigenvalue weighted by molar-refractivity contribution is 7.90. The first-order valence-corrected chi connectivity index (χ1v) is 15.3. The molecule has 0 saturated carbocycles. The summed E-state index contributed by atoms with van der Waals surface area (Å²) in [4.78, 5) is 16.8. The van der Waals surface area contributed by atoms with Crippen LogP contribution in [0, 0.1) is 0 Å². The fourth-order valence-corrected chi connectivity index (χ4v) is 5.50. The molecule has 0 amide bonds. The monoisotopic (exact) mass is 568 g/mol. The highest BCUT2D eigenvalue weighted by Crippen LogP contribution is 2.32. The van der Waals surface area contributed by atoms with E-state index in [4.69, 9.17) is 0 Å². The van der Waals surface area contributed by atoms with Gasteiger partial charge in [0, 0.05) is 54.5 Å². The predicted octanol–water partition coefficient (Wildman–Crippen LogP) is 7.14. The van der Waals surface area contributed by atoms with Crippen LogP contribution in [0.1, 0.15) is 56.7 Å². The van der Waals surface area contributed by atoms with E-state index in [0.29, 0.717) is 17.3 Å². The molecule has 214 valence electrons. The van der Waals surface area contributed by atoms with Gasteiger partial charge in [0.25, 0.3) is 5.92 Å². The first-order valence-electron chi connectivity index (χ1n) is 13.4. The van der Waals surface area contributed by atoms with Crippen molar-refractivity contribution in [2.75, 3.05) is 19.3 Å². The van der Waals surface area contributed by atoms with E-state index in [0.717, 1.165) is 30.4 Å². The van der Waals surface area contributed by atoms with Crippen LogP contribution in [0.25, 0.3) is 10.9 Å². The summed E-state index contributed by atoms with van der Waals surface area (Å²) in [5.41, 5.74) is 3.73. The third-order valence-electron chi connectivity index (χ3n) is 6.85. The maximum Gasteiger partial charge on any atom is 0.271 e. The summed E-state index contributed by atoms with van der Waals surface area (Å²) in [5.74, 6) is -3.14. The van der Waals surface area contributed by atoms with E-state index in [1.54, 1.807) is 30.3 Å². The first-order chi connectivity index (χ1) is 18.8. The Bertz CT molecular complexity index is 1560. The van der Waals surface area contributed by atoms with Gasteiger partial charge in [0.2, 0.25) is 5.56 Å². The van der Waals surface area contributed by atoms with Crippen LogP contribution in [0.4, 0.5) is 8.78 Å². The van der Waals surface area contributed by atoms with Crippen molar-refractivity contribution < 1.29 is 17.2 Å². The molecule has 0 aliphatic carbocycles. The lowest BCUT2D eigenvalue weighted by Gasteiger charge is -2.30. The Morgan fingerprint density at radius 2 is 1.68 bits per heavy atom. The Morgan fingerprint density at radius 1 is 1.05 bits per heavy atom. The molecule has 0 radical (unpaired) electrons. The fourth-order valence-electron chi connectivity index (χ4n) is 4.87. The number of rotatable bonds is 7. The normalized spacial score (nSPS) is 15.0. The number of fused-ring (bicyclic) bond motifs is 1. The number of allylic oxidation sites excluding steroid dienone is 4. The number of pyridine rings is 1. The lowest BCUT2D eigenvalue weighted by molar-refractivity contribution is 0.0189. The highest BCUT2D eigenvalue weighted by atomic mass is 32.2. The number of piperidine rings is 1. The molecule has 0 bridgehead atoms. The molecule has 2 heterocycles. The molecule has 2 aromatic carbocycles. The van der Waals surface area contributed by atoms with Crippen LogP contribution in [-0.2, 0) is 22.2 Å². The van der Waals surface area contributed by atoms with Crippen molar-refractivity contribution in [2.24, 2.45) is 0 Å². The minimum absolute atomic E-state index is 0.227. The smallest absolute Gasteiger partial charge is 0.271 e. The number of nitrogens with one attached hydrogen (secondary N) is 1. The largest absolute Gasteiger partial charge is 0.371 e. The number of H-pyrrole nitrogens is 1. The van der Waals surface area contributed by atoms with E-state index >= 15 is 0 Å².